The van der Waals surface area contributed by atoms with Gasteiger partial charge in [-0.1, -0.05) is 18.2 Å². The first-order valence-corrected chi connectivity index (χ1v) is 8.03. The molecular weight excluding hydrogens is 294 g/mol. The summed E-state index contributed by atoms with van der Waals surface area (Å²) < 4.78 is 31.5. The minimum absolute atomic E-state index is 0.0278. The number of nitrogens with one attached hydrogen (secondary N) is 2. The molecule has 4 N–H and O–H groups in total. The van der Waals surface area contributed by atoms with Crippen molar-refractivity contribution in [2.45, 2.75) is 17.9 Å². The van der Waals surface area contributed by atoms with Crippen LogP contribution in [-0.4, -0.2) is 41.1 Å². The molecule has 1 rings (SSSR count). The zero-order valence-corrected chi connectivity index (χ0v) is 12.8. The summed E-state index contributed by atoms with van der Waals surface area (Å²) in [6.45, 7) is 0.980. The van der Waals surface area contributed by atoms with Crippen molar-refractivity contribution in [1.29, 1.82) is 0 Å². The van der Waals surface area contributed by atoms with Gasteiger partial charge in [-0.2, -0.15) is 0 Å². The van der Waals surface area contributed by atoms with E-state index in [-0.39, 0.29) is 30.3 Å². The lowest BCUT2D eigenvalue weighted by Gasteiger charge is -2.10. The molecular formula is C13H21N3O4S. The first-order valence-electron chi connectivity index (χ1n) is 6.54. The number of nitrogens with two attached hydrogens (primary N) is 1. The number of sulfonamides is 1. The topological polar surface area (TPSA) is 111 Å². The lowest BCUT2D eigenvalue weighted by atomic mass is 10.2. The molecule has 0 bridgehead atoms. The van der Waals surface area contributed by atoms with Gasteiger partial charge in [0.1, 0.15) is 0 Å². The van der Waals surface area contributed by atoms with Gasteiger partial charge in [0.25, 0.3) is 0 Å². The Labute approximate surface area is 124 Å². The van der Waals surface area contributed by atoms with Crippen LogP contribution in [0.4, 0.5) is 0 Å². The Balaban J connectivity index is 2.52. The summed E-state index contributed by atoms with van der Waals surface area (Å²) in [6, 6.07) is 6.50. The van der Waals surface area contributed by atoms with Crippen LogP contribution in [0.1, 0.15) is 12.0 Å². The number of rotatable bonds is 9. The molecule has 0 aliphatic carbocycles. The molecule has 7 nitrogen and oxygen atoms in total. The lowest BCUT2D eigenvalue weighted by Crippen LogP contribution is -2.32. The molecule has 0 heterocycles. The molecule has 118 valence electrons. The molecule has 1 aromatic carbocycles. The Morgan fingerprint density at radius 3 is 2.67 bits per heavy atom. The zero-order chi connectivity index (χ0) is 15.7. The van der Waals surface area contributed by atoms with E-state index in [1.54, 1.807) is 18.2 Å². The van der Waals surface area contributed by atoms with E-state index >= 15 is 0 Å². The Bertz CT molecular complexity index is 560. The monoisotopic (exact) mass is 315 g/mol. The van der Waals surface area contributed by atoms with E-state index in [1.807, 2.05) is 0 Å². The smallest absolute Gasteiger partial charge is 0.240 e. The molecule has 0 aromatic heterocycles. The highest BCUT2D eigenvalue weighted by Crippen LogP contribution is 2.14. The molecule has 0 saturated carbocycles. The summed E-state index contributed by atoms with van der Waals surface area (Å²) in [6.07, 6.45) is 0.0632. The number of carbonyl (C=O) groups excluding carboxylic acids is 1. The molecule has 0 aliphatic rings. The first-order chi connectivity index (χ1) is 10.0. The van der Waals surface area contributed by atoms with Crippen molar-refractivity contribution < 1.29 is 17.9 Å². The Morgan fingerprint density at radius 2 is 2.00 bits per heavy atom. The van der Waals surface area contributed by atoms with Crippen molar-refractivity contribution in [3.05, 3.63) is 29.8 Å². The average molecular weight is 315 g/mol. The molecule has 0 unspecified atom stereocenters. The second-order valence-electron chi connectivity index (χ2n) is 4.30. The van der Waals surface area contributed by atoms with Crippen LogP contribution < -0.4 is 15.8 Å². The third-order valence-electron chi connectivity index (χ3n) is 2.75. The second kappa shape index (κ2) is 8.73. The molecule has 0 radical (unpaired) electrons. The highest BCUT2D eigenvalue weighted by Gasteiger charge is 2.17. The average Bonchev–Trinajstić information content (AvgIpc) is 2.47. The first kappa shape index (κ1) is 17.6. The van der Waals surface area contributed by atoms with Crippen molar-refractivity contribution in [3.8, 4) is 0 Å². The van der Waals surface area contributed by atoms with E-state index < -0.39 is 10.0 Å². The number of amides is 1. The minimum Gasteiger partial charge on any atom is -0.383 e. The van der Waals surface area contributed by atoms with Gasteiger partial charge in [0.15, 0.2) is 0 Å². The predicted molar refractivity (Wildman–Crippen MR) is 79.0 cm³/mol. The molecule has 21 heavy (non-hydrogen) atoms. The van der Waals surface area contributed by atoms with Gasteiger partial charge in [-0.15, -0.1) is 0 Å². The van der Waals surface area contributed by atoms with Crippen LogP contribution in [0.2, 0.25) is 0 Å². The summed E-state index contributed by atoms with van der Waals surface area (Å²) in [5, 5.41) is 2.61. The van der Waals surface area contributed by atoms with Crippen molar-refractivity contribution in [2.75, 3.05) is 26.8 Å². The van der Waals surface area contributed by atoms with Crippen molar-refractivity contribution >= 4 is 15.9 Å². The van der Waals surface area contributed by atoms with Crippen molar-refractivity contribution in [3.63, 3.8) is 0 Å². The number of carbonyl (C=O) groups is 1. The van der Waals surface area contributed by atoms with Crippen LogP contribution in [-0.2, 0) is 26.1 Å². The van der Waals surface area contributed by atoms with Gasteiger partial charge in [0.05, 0.1) is 11.5 Å². The standard InChI is InChI=1S/C13H21N3O4S/c1-20-9-8-15-13(17)6-7-16-21(18,19)12-5-3-2-4-11(12)10-14/h2-5,16H,6-10,14H2,1H3,(H,15,17). The SMILES string of the molecule is COCCNC(=O)CCNS(=O)(=O)c1ccccc1CN. The van der Waals surface area contributed by atoms with Gasteiger partial charge < -0.3 is 15.8 Å². The normalized spacial score (nSPS) is 11.3. The van der Waals surface area contributed by atoms with Crippen LogP contribution in [0, 0.1) is 0 Å². The van der Waals surface area contributed by atoms with E-state index in [0.29, 0.717) is 18.7 Å². The van der Waals surface area contributed by atoms with Gasteiger partial charge in [-0.05, 0) is 11.6 Å². The van der Waals surface area contributed by atoms with Gasteiger partial charge in [0, 0.05) is 33.2 Å². The largest absolute Gasteiger partial charge is 0.383 e. The number of benzene rings is 1. The third kappa shape index (κ3) is 5.80. The summed E-state index contributed by atoms with van der Waals surface area (Å²) in [5.41, 5.74) is 6.06. The Morgan fingerprint density at radius 1 is 1.29 bits per heavy atom. The van der Waals surface area contributed by atoms with Crippen LogP contribution in [0.3, 0.4) is 0 Å². The summed E-state index contributed by atoms with van der Waals surface area (Å²) in [5.74, 6) is -0.234. The maximum absolute atomic E-state index is 12.1. The van der Waals surface area contributed by atoms with E-state index in [2.05, 4.69) is 10.0 Å². The highest BCUT2D eigenvalue weighted by atomic mass is 32.2. The van der Waals surface area contributed by atoms with Gasteiger partial charge in [-0.3, -0.25) is 4.79 Å². The molecule has 1 aromatic rings. The van der Waals surface area contributed by atoms with Gasteiger partial charge in [0.2, 0.25) is 15.9 Å². The summed E-state index contributed by atoms with van der Waals surface area (Å²) in [4.78, 5) is 11.6. The second-order valence-corrected chi connectivity index (χ2v) is 6.04. The Hall–Kier alpha value is -1.48. The molecule has 0 saturated heterocycles. The van der Waals surface area contributed by atoms with Crippen molar-refractivity contribution in [1.82, 2.24) is 10.0 Å². The third-order valence-corrected chi connectivity index (χ3v) is 4.32. The fourth-order valence-corrected chi connectivity index (χ4v) is 2.97. The Kier molecular flexibility index (Phi) is 7.30. The fourth-order valence-electron chi connectivity index (χ4n) is 1.69. The van der Waals surface area contributed by atoms with E-state index in [4.69, 9.17) is 10.5 Å². The van der Waals surface area contributed by atoms with Gasteiger partial charge >= 0.3 is 0 Å². The van der Waals surface area contributed by atoms with Gasteiger partial charge in [-0.25, -0.2) is 13.1 Å². The number of hydrogen-bond donors (Lipinski definition) is 3. The maximum Gasteiger partial charge on any atom is 0.240 e. The van der Waals surface area contributed by atoms with Crippen LogP contribution in [0.25, 0.3) is 0 Å². The quantitative estimate of drug-likeness (QED) is 0.536. The molecule has 1 amide bonds. The van der Waals surface area contributed by atoms with Crippen LogP contribution >= 0.6 is 0 Å². The van der Waals surface area contributed by atoms with Crippen molar-refractivity contribution in [2.24, 2.45) is 5.73 Å². The van der Waals surface area contributed by atoms with E-state index in [1.165, 1.54) is 13.2 Å². The highest BCUT2D eigenvalue weighted by molar-refractivity contribution is 7.89. The number of ether oxygens (including phenoxy) is 1. The maximum atomic E-state index is 12.1. The number of methoxy groups -OCH3 is 1. The summed E-state index contributed by atoms with van der Waals surface area (Å²) >= 11 is 0. The van der Waals surface area contributed by atoms with E-state index in [9.17, 15) is 13.2 Å². The zero-order valence-electron chi connectivity index (χ0n) is 12.0. The summed E-state index contributed by atoms with van der Waals surface area (Å²) in [7, 11) is -2.12. The fraction of sp³-hybridized carbons (Fsp3) is 0.462. The lowest BCUT2D eigenvalue weighted by molar-refractivity contribution is -0.121. The van der Waals surface area contributed by atoms with Crippen LogP contribution in [0.15, 0.2) is 29.2 Å². The van der Waals surface area contributed by atoms with Crippen LogP contribution in [0.5, 0.6) is 0 Å². The van der Waals surface area contributed by atoms with E-state index in [0.717, 1.165) is 0 Å². The molecule has 8 heteroatoms. The molecule has 0 atom stereocenters. The molecule has 0 fully saturated rings. The molecule has 0 spiro atoms. The minimum atomic E-state index is -3.66. The molecule has 0 aliphatic heterocycles. The predicted octanol–water partition coefficient (Wildman–Crippen LogP) is -0.424. The number of hydrogen-bond acceptors (Lipinski definition) is 5.